The highest BCUT2D eigenvalue weighted by Gasteiger charge is 2.11. The molecule has 3 aromatic carbocycles. The molecule has 0 aliphatic heterocycles. The van der Waals surface area contributed by atoms with Gasteiger partial charge in [0.1, 0.15) is 5.52 Å². The summed E-state index contributed by atoms with van der Waals surface area (Å²) < 4.78 is 5.82. The molecule has 0 saturated carbocycles. The second kappa shape index (κ2) is 7.02. The molecule has 128 valence electrons. The lowest BCUT2D eigenvalue weighted by Gasteiger charge is -2.05. The van der Waals surface area contributed by atoms with Crippen LogP contribution in [0.5, 0.6) is 0 Å². The molecule has 0 saturated heterocycles. The minimum atomic E-state index is -0.213. The number of fused-ring (bicyclic) bond motifs is 1. The molecular formula is C21H15ClN2O2. The Morgan fingerprint density at radius 1 is 1.00 bits per heavy atom. The van der Waals surface area contributed by atoms with Crippen LogP contribution in [0.2, 0.25) is 5.02 Å². The van der Waals surface area contributed by atoms with Gasteiger partial charge in [0.2, 0.25) is 0 Å². The Bertz CT molecular complexity index is 1060. The number of hydrogen-bond donors (Lipinski definition) is 1. The molecule has 0 aliphatic rings. The highest BCUT2D eigenvalue weighted by molar-refractivity contribution is 6.30. The molecule has 4 rings (SSSR count). The summed E-state index contributed by atoms with van der Waals surface area (Å²) in [6, 6.07) is 22.2. The predicted octanol–water partition coefficient (Wildman–Crippen LogP) is 5.32. The minimum absolute atomic E-state index is 0.213. The molecule has 5 heteroatoms. The molecule has 1 amide bonds. The van der Waals surface area contributed by atoms with Gasteiger partial charge < -0.3 is 9.73 Å². The first kappa shape index (κ1) is 16.4. The standard InChI is InChI=1S/C21H15ClN2O2/c22-16-7-9-17(10-8-16)23-21(25)15-6-11-18-19(13-15)26-20(24-18)12-14-4-2-1-3-5-14/h1-11,13H,12H2,(H,23,25). The molecule has 0 spiro atoms. The lowest BCUT2D eigenvalue weighted by atomic mass is 10.1. The molecule has 1 aromatic heterocycles. The van der Waals surface area contributed by atoms with E-state index in [1.54, 1.807) is 42.5 Å². The summed E-state index contributed by atoms with van der Waals surface area (Å²) in [7, 11) is 0. The van der Waals surface area contributed by atoms with Gasteiger partial charge in [0, 0.05) is 22.7 Å². The number of rotatable bonds is 4. The summed E-state index contributed by atoms with van der Waals surface area (Å²) in [5, 5.41) is 3.46. The number of aromatic nitrogens is 1. The van der Waals surface area contributed by atoms with Crippen LogP contribution in [-0.4, -0.2) is 10.9 Å². The number of halogens is 1. The van der Waals surface area contributed by atoms with E-state index in [0.717, 1.165) is 11.1 Å². The Morgan fingerprint density at radius 2 is 1.77 bits per heavy atom. The van der Waals surface area contributed by atoms with Gasteiger partial charge in [-0.25, -0.2) is 4.98 Å². The molecule has 4 aromatic rings. The van der Waals surface area contributed by atoms with Gasteiger partial charge in [0.15, 0.2) is 11.5 Å². The Morgan fingerprint density at radius 3 is 2.54 bits per heavy atom. The fourth-order valence-electron chi connectivity index (χ4n) is 2.70. The topological polar surface area (TPSA) is 55.1 Å². The molecule has 0 fully saturated rings. The third-order valence-electron chi connectivity index (χ3n) is 4.00. The first-order valence-corrected chi connectivity index (χ1v) is 8.55. The summed E-state index contributed by atoms with van der Waals surface area (Å²) in [6.07, 6.45) is 0.613. The van der Waals surface area contributed by atoms with Crippen molar-refractivity contribution in [3.05, 3.63) is 94.8 Å². The van der Waals surface area contributed by atoms with Gasteiger partial charge in [0.05, 0.1) is 0 Å². The normalized spacial score (nSPS) is 10.8. The molecule has 26 heavy (non-hydrogen) atoms. The minimum Gasteiger partial charge on any atom is -0.440 e. The smallest absolute Gasteiger partial charge is 0.255 e. The summed E-state index contributed by atoms with van der Waals surface area (Å²) in [4.78, 5) is 16.9. The van der Waals surface area contributed by atoms with E-state index in [0.29, 0.717) is 34.2 Å². The van der Waals surface area contributed by atoms with Crippen LogP contribution < -0.4 is 5.32 Å². The zero-order chi connectivity index (χ0) is 17.9. The van der Waals surface area contributed by atoms with Crippen molar-refractivity contribution in [2.24, 2.45) is 0 Å². The van der Waals surface area contributed by atoms with Gasteiger partial charge in [-0.1, -0.05) is 41.9 Å². The van der Waals surface area contributed by atoms with Crippen LogP contribution in [0.25, 0.3) is 11.1 Å². The quantitative estimate of drug-likeness (QED) is 0.534. The van der Waals surface area contributed by atoms with E-state index in [9.17, 15) is 4.79 Å². The van der Waals surface area contributed by atoms with Crippen LogP contribution in [0, 0.1) is 0 Å². The van der Waals surface area contributed by atoms with Crippen LogP contribution in [-0.2, 0) is 6.42 Å². The van der Waals surface area contributed by atoms with Crippen molar-refractivity contribution >= 4 is 34.3 Å². The van der Waals surface area contributed by atoms with Crippen LogP contribution in [0.3, 0.4) is 0 Å². The number of hydrogen-bond acceptors (Lipinski definition) is 3. The van der Waals surface area contributed by atoms with Crippen molar-refractivity contribution in [3.63, 3.8) is 0 Å². The highest BCUT2D eigenvalue weighted by atomic mass is 35.5. The zero-order valence-electron chi connectivity index (χ0n) is 13.8. The highest BCUT2D eigenvalue weighted by Crippen LogP contribution is 2.21. The third-order valence-corrected chi connectivity index (χ3v) is 4.25. The maximum absolute atomic E-state index is 12.4. The predicted molar refractivity (Wildman–Crippen MR) is 103 cm³/mol. The Balaban J connectivity index is 1.55. The monoisotopic (exact) mass is 362 g/mol. The van der Waals surface area contributed by atoms with E-state index in [4.69, 9.17) is 16.0 Å². The maximum atomic E-state index is 12.4. The van der Waals surface area contributed by atoms with Crippen LogP contribution in [0.1, 0.15) is 21.8 Å². The largest absolute Gasteiger partial charge is 0.440 e. The molecule has 1 heterocycles. The van der Waals surface area contributed by atoms with Crippen LogP contribution in [0.4, 0.5) is 5.69 Å². The molecule has 4 nitrogen and oxygen atoms in total. The Hall–Kier alpha value is -3.11. The Kier molecular flexibility index (Phi) is 4.42. The second-order valence-electron chi connectivity index (χ2n) is 5.91. The number of nitrogens with one attached hydrogen (secondary N) is 1. The summed E-state index contributed by atoms with van der Waals surface area (Å²) in [5.41, 5.74) is 3.65. The van der Waals surface area contributed by atoms with E-state index in [2.05, 4.69) is 10.3 Å². The van der Waals surface area contributed by atoms with Crippen molar-refractivity contribution in [1.82, 2.24) is 4.98 Å². The average Bonchev–Trinajstić information content (AvgIpc) is 3.05. The summed E-state index contributed by atoms with van der Waals surface area (Å²) in [6.45, 7) is 0. The fraction of sp³-hybridized carbons (Fsp3) is 0.0476. The number of amides is 1. The first-order valence-electron chi connectivity index (χ1n) is 8.18. The number of carbonyl (C=O) groups excluding carboxylic acids is 1. The summed E-state index contributed by atoms with van der Waals surface area (Å²) in [5.74, 6) is 0.414. The molecule has 0 atom stereocenters. The molecule has 0 unspecified atom stereocenters. The second-order valence-corrected chi connectivity index (χ2v) is 6.35. The number of nitrogens with zero attached hydrogens (tertiary/aromatic N) is 1. The van der Waals surface area contributed by atoms with Crippen molar-refractivity contribution in [2.75, 3.05) is 5.32 Å². The lowest BCUT2D eigenvalue weighted by molar-refractivity contribution is 0.102. The fourth-order valence-corrected chi connectivity index (χ4v) is 2.82. The molecule has 0 radical (unpaired) electrons. The van der Waals surface area contributed by atoms with E-state index >= 15 is 0 Å². The SMILES string of the molecule is O=C(Nc1ccc(Cl)cc1)c1ccc2nc(Cc3ccccc3)oc2c1. The number of carbonyl (C=O) groups is 1. The number of anilines is 1. The van der Waals surface area contributed by atoms with Crippen LogP contribution >= 0.6 is 11.6 Å². The number of oxazole rings is 1. The molecule has 0 aliphatic carbocycles. The zero-order valence-corrected chi connectivity index (χ0v) is 14.5. The third kappa shape index (κ3) is 3.60. The molecule has 1 N–H and O–H groups in total. The lowest BCUT2D eigenvalue weighted by Crippen LogP contribution is -2.11. The van der Waals surface area contributed by atoms with Crippen molar-refractivity contribution < 1.29 is 9.21 Å². The van der Waals surface area contributed by atoms with Gasteiger partial charge >= 0.3 is 0 Å². The molecular weight excluding hydrogens is 348 g/mol. The van der Waals surface area contributed by atoms with Crippen LogP contribution in [0.15, 0.2) is 77.2 Å². The van der Waals surface area contributed by atoms with Gasteiger partial charge in [-0.15, -0.1) is 0 Å². The van der Waals surface area contributed by atoms with Gasteiger partial charge in [-0.3, -0.25) is 4.79 Å². The van der Waals surface area contributed by atoms with E-state index < -0.39 is 0 Å². The average molecular weight is 363 g/mol. The van der Waals surface area contributed by atoms with Gasteiger partial charge in [0.25, 0.3) is 5.91 Å². The van der Waals surface area contributed by atoms with E-state index in [-0.39, 0.29) is 5.91 Å². The van der Waals surface area contributed by atoms with Crippen molar-refractivity contribution in [1.29, 1.82) is 0 Å². The maximum Gasteiger partial charge on any atom is 0.255 e. The van der Waals surface area contributed by atoms with Crippen molar-refractivity contribution in [2.45, 2.75) is 6.42 Å². The Labute approximate surface area is 155 Å². The van der Waals surface area contributed by atoms with E-state index in [1.165, 1.54) is 0 Å². The summed E-state index contributed by atoms with van der Waals surface area (Å²) >= 11 is 5.86. The van der Waals surface area contributed by atoms with Gasteiger partial charge in [-0.2, -0.15) is 0 Å². The van der Waals surface area contributed by atoms with E-state index in [1.807, 2.05) is 30.3 Å². The first-order chi connectivity index (χ1) is 12.7. The number of benzene rings is 3. The van der Waals surface area contributed by atoms with Crippen molar-refractivity contribution in [3.8, 4) is 0 Å². The van der Waals surface area contributed by atoms with Gasteiger partial charge in [-0.05, 0) is 48.0 Å². The molecule has 0 bridgehead atoms.